The number of carbonyl (C=O) groups excluding carboxylic acids is 1. The molecule has 1 fully saturated rings. The fourth-order valence-corrected chi connectivity index (χ4v) is 2.19. The first-order valence-electron chi connectivity index (χ1n) is 6.40. The van der Waals surface area contributed by atoms with Crippen LogP contribution in [-0.4, -0.2) is 42.1 Å². The fourth-order valence-electron chi connectivity index (χ4n) is 2.19. The van der Waals surface area contributed by atoms with E-state index in [9.17, 15) is 9.90 Å². The van der Waals surface area contributed by atoms with Crippen molar-refractivity contribution in [1.82, 2.24) is 4.90 Å². The van der Waals surface area contributed by atoms with Gasteiger partial charge in [0.1, 0.15) is 12.7 Å². The Kier molecular flexibility index (Phi) is 4.76. The van der Waals surface area contributed by atoms with Crippen LogP contribution in [-0.2, 0) is 16.1 Å². The highest BCUT2D eigenvalue weighted by Gasteiger charge is 2.33. The molecule has 1 amide bonds. The topological polar surface area (TPSA) is 59.0 Å². The molecule has 0 aliphatic carbocycles. The van der Waals surface area contributed by atoms with Crippen LogP contribution in [0.2, 0.25) is 0 Å². The summed E-state index contributed by atoms with van der Waals surface area (Å²) in [5.41, 5.74) is 0.922. The summed E-state index contributed by atoms with van der Waals surface area (Å²) in [4.78, 5) is 13.3. The van der Waals surface area contributed by atoms with Crippen molar-refractivity contribution in [3.05, 3.63) is 35.9 Å². The Bertz CT molecular complexity index is 409. The van der Waals surface area contributed by atoms with Crippen molar-refractivity contribution in [3.63, 3.8) is 0 Å². The van der Waals surface area contributed by atoms with Crippen LogP contribution in [0.25, 0.3) is 0 Å². The lowest BCUT2D eigenvalue weighted by atomic mass is 10.1. The molecule has 0 aromatic heterocycles. The van der Waals surface area contributed by atoms with E-state index in [-0.39, 0.29) is 12.7 Å². The van der Waals surface area contributed by atoms with Gasteiger partial charge in [-0.25, -0.2) is 4.79 Å². The maximum atomic E-state index is 11.9. The van der Waals surface area contributed by atoms with Gasteiger partial charge in [-0.05, 0) is 18.4 Å². The number of aliphatic hydroxyl groups is 1. The number of methoxy groups -OCH3 is 1. The molecule has 1 saturated heterocycles. The Hall–Kier alpha value is -1.59. The van der Waals surface area contributed by atoms with Crippen LogP contribution in [0.1, 0.15) is 18.4 Å². The van der Waals surface area contributed by atoms with Crippen molar-refractivity contribution in [2.45, 2.75) is 31.8 Å². The van der Waals surface area contributed by atoms with Gasteiger partial charge in [-0.2, -0.15) is 0 Å². The SMILES string of the molecule is COC1CCCN(C(=O)OCc2ccccc2)C1O. The van der Waals surface area contributed by atoms with E-state index in [1.165, 1.54) is 12.0 Å². The van der Waals surface area contributed by atoms with E-state index >= 15 is 0 Å². The van der Waals surface area contributed by atoms with Gasteiger partial charge in [0, 0.05) is 13.7 Å². The normalized spacial score (nSPS) is 23.2. The number of carbonyl (C=O) groups is 1. The second-order valence-corrected chi connectivity index (χ2v) is 4.56. The van der Waals surface area contributed by atoms with Gasteiger partial charge in [-0.1, -0.05) is 30.3 Å². The first-order valence-corrected chi connectivity index (χ1v) is 6.40. The number of nitrogens with zero attached hydrogens (tertiary/aromatic N) is 1. The molecule has 1 heterocycles. The average molecular weight is 265 g/mol. The van der Waals surface area contributed by atoms with Crippen LogP contribution in [0.3, 0.4) is 0 Å². The van der Waals surface area contributed by atoms with E-state index in [4.69, 9.17) is 9.47 Å². The van der Waals surface area contributed by atoms with Crippen molar-refractivity contribution in [2.75, 3.05) is 13.7 Å². The first kappa shape index (κ1) is 13.8. The standard InChI is InChI=1S/C14H19NO4/c1-18-12-8-5-9-15(13(12)16)14(17)19-10-11-6-3-2-4-7-11/h2-4,6-7,12-13,16H,5,8-10H2,1H3. The number of likely N-dealkylation sites (tertiary alicyclic amines) is 1. The monoisotopic (exact) mass is 265 g/mol. The second-order valence-electron chi connectivity index (χ2n) is 4.56. The molecule has 2 atom stereocenters. The van der Waals surface area contributed by atoms with Crippen LogP contribution in [0.15, 0.2) is 30.3 Å². The molecule has 2 rings (SSSR count). The third-order valence-electron chi connectivity index (χ3n) is 3.28. The number of aliphatic hydroxyl groups excluding tert-OH is 1. The maximum absolute atomic E-state index is 11.9. The molecule has 0 saturated carbocycles. The summed E-state index contributed by atoms with van der Waals surface area (Å²) in [5.74, 6) is 0. The molecule has 1 aromatic rings. The smallest absolute Gasteiger partial charge is 0.412 e. The van der Waals surface area contributed by atoms with Gasteiger partial charge in [0.05, 0.1) is 0 Å². The molecule has 5 nitrogen and oxygen atoms in total. The highest BCUT2D eigenvalue weighted by atomic mass is 16.6. The zero-order valence-electron chi connectivity index (χ0n) is 11.0. The number of ether oxygens (including phenoxy) is 2. The zero-order valence-corrected chi connectivity index (χ0v) is 11.0. The predicted octanol–water partition coefficient (Wildman–Crippen LogP) is 1.75. The Morgan fingerprint density at radius 2 is 2.16 bits per heavy atom. The summed E-state index contributed by atoms with van der Waals surface area (Å²) in [6, 6.07) is 9.46. The second kappa shape index (κ2) is 6.54. The van der Waals surface area contributed by atoms with Crippen molar-refractivity contribution >= 4 is 6.09 Å². The van der Waals surface area contributed by atoms with E-state index in [0.29, 0.717) is 6.54 Å². The number of piperidine rings is 1. The molecule has 19 heavy (non-hydrogen) atoms. The van der Waals surface area contributed by atoms with Gasteiger partial charge < -0.3 is 14.6 Å². The average Bonchev–Trinajstić information content (AvgIpc) is 2.46. The molecular formula is C14H19NO4. The minimum Gasteiger partial charge on any atom is -0.444 e. The highest BCUT2D eigenvalue weighted by molar-refractivity contribution is 5.68. The number of benzene rings is 1. The Morgan fingerprint density at radius 1 is 1.42 bits per heavy atom. The molecule has 104 valence electrons. The molecule has 1 N–H and O–H groups in total. The van der Waals surface area contributed by atoms with Crippen LogP contribution < -0.4 is 0 Å². The highest BCUT2D eigenvalue weighted by Crippen LogP contribution is 2.19. The van der Waals surface area contributed by atoms with Crippen molar-refractivity contribution in [2.24, 2.45) is 0 Å². The van der Waals surface area contributed by atoms with E-state index < -0.39 is 12.3 Å². The van der Waals surface area contributed by atoms with Gasteiger partial charge in [0.15, 0.2) is 6.23 Å². The summed E-state index contributed by atoms with van der Waals surface area (Å²) in [6.07, 6.45) is -0.214. The number of amides is 1. The molecule has 5 heteroatoms. The quantitative estimate of drug-likeness (QED) is 0.904. The third-order valence-corrected chi connectivity index (χ3v) is 3.28. The minimum absolute atomic E-state index is 0.209. The Morgan fingerprint density at radius 3 is 2.84 bits per heavy atom. The van der Waals surface area contributed by atoms with Gasteiger partial charge in [-0.3, -0.25) is 4.90 Å². The molecule has 1 aromatic carbocycles. The molecule has 0 radical (unpaired) electrons. The molecular weight excluding hydrogens is 246 g/mol. The van der Waals surface area contributed by atoms with Crippen molar-refractivity contribution in [3.8, 4) is 0 Å². The lowest BCUT2D eigenvalue weighted by Crippen LogP contribution is -2.51. The van der Waals surface area contributed by atoms with E-state index in [1.54, 1.807) is 0 Å². The van der Waals surface area contributed by atoms with Crippen LogP contribution in [0.5, 0.6) is 0 Å². The van der Waals surface area contributed by atoms with Crippen LogP contribution in [0.4, 0.5) is 4.79 Å². The summed E-state index contributed by atoms with van der Waals surface area (Å²) >= 11 is 0. The molecule has 0 bridgehead atoms. The zero-order chi connectivity index (χ0) is 13.7. The molecule has 1 aliphatic rings. The van der Waals surface area contributed by atoms with Crippen molar-refractivity contribution < 1.29 is 19.4 Å². The third kappa shape index (κ3) is 3.45. The molecule has 1 aliphatic heterocycles. The maximum Gasteiger partial charge on any atom is 0.412 e. The lowest BCUT2D eigenvalue weighted by Gasteiger charge is -2.36. The van der Waals surface area contributed by atoms with E-state index in [0.717, 1.165) is 18.4 Å². The minimum atomic E-state index is -0.929. The molecule has 2 unspecified atom stereocenters. The van der Waals surface area contributed by atoms with Crippen molar-refractivity contribution in [1.29, 1.82) is 0 Å². The van der Waals surface area contributed by atoms with Crippen LogP contribution in [0, 0.1) is 0 Å². The summed E-state index contributed by atoms with van der Waals surface area (Å²) < 4.78 is 10.3. The van der Waals surface area contributed by atoms with Gasteiger partial charge in [0.25, 0.3) is 0 Å². The predicted molar refractivity (Wildman–Crippen MR) is 69.4 cm³/mol. The fraction of sp³-hybridized carbons (Fsp3) is 0.500. The van der Waals surface area contributed by atoms with E-state index in [1.807, 2.05) is 30.3 Å². The first-order chi connectivity index (χ1) is 9.22. The summed E-state index contributed by atoms with van der Waals surface area (Å²) in [6.45, 7) is 0.704. The van der Waals surface area contributed by atoms with Crippen LogP contribution >= 0.6 is 0 Å². The largest absolute Gasteiger partial charge is 0.444 e. The summed E-state index contributed by atoms with van der Waals surface area (Å²) in [5, 5.41) is 10.00. The van der Waals surface area contributed by atoms with E-state index in [2.05, 4.69) is 0 Å². The molecule has 0 spiro atoms. The Labute approximate surface area is 112 Å². The lowest BCUT2D eigenvalue weighted by molar-refractivity contribution is -0.112. The number of hydrogen-bond acceptors (Lipinski definition) is 4. The summed E-state index contributed by atoms with van der Waals surface area (Å²) in [7, 11) is 1.53. The van der Waals surface area contributed by atoms with Gasteiger partial charge in [-0.15, -0.1) is 0 Å². The number of rotatable bonds is 3. The Balaban J connectivity index is 1.89. The number of hydrogen-bond donors (Lipinski definition) is 1. The van der Waals surface area contributed by atoms with Gasteiger partial charge >= 0.3 is 6.09 Å². The van der Waals surface area contributed by atoms with Gasteiger partial charge in [0.2, 0.25) is 0 Å².